The second kappa shape index (κ2) is 3.42. The molecule has 0 radical (unpaired) electrons. The molecule has 4 N–H and O–H groups in total. The van der Waals surface area contributed by atoms with Crippen molar-refractivity contribution in [1.29, 1.82) is 0 Å². The first-order valence-electron chi connectivity index (χ1n) is 5.33. The van der Waals surface area contributed by atoms with Crippen LogP contribution in [-0.4, -0.2) is 44.8 Å². The number of hydrogen-bond acceptors (Lipinski definition) is 4. The molecular weight excluding hydrogens is 196 g/mol. The summed E-state index contributed by atoms with van der Waals surface area (Å²) >= 11 is 0. The molecule has 0 aromatic carbocycles. The summed E-state index contributed by atoms with van der Waals surface area (Å²) in [7, 11) is 0. The molecule has 1 aliphatic carbocycles. The predicted molar refractivity (Wildman–Crippen MR) is 56.2 cm³/mol. The van der Waals surface area contributed by atoms with Crippen molar-refractivity contribution >= 4 is 0 Å². The Bertz CT molecular complexity index is 231. The molecule has 0 amide bonds. The number of aliphatic hydroxyl groups excluding tert-OH is 3. The van der Waals surface area contributed by atoms with E-state index in [1.54, 1.807) is 27.7 Å². The molecule has 0 heterocycles. The van der Waals surface area contributed by atoms with Crippen LogP contribution in [0.15, 0.2) is 0 Å². The fourth-order valence-corrected chi connectivity index (χ4v) is 3.26. The molecule has 90 valence electrons. The lowest BCUT2D eigenvalue weighted by molar-refractivity contribution is -0.351. The van der Waals surface area contributed by atoms with Crippen LogP contribution in [0, 0.1) is 10.8 Å². The van der Waals surface area contributed by atoms with Crippen molar-refractivity contribution in [3.8, 4) is 0 Å². The van der Waals surface area contributed by atoms with E-state index in [0.29, 0.717) is 0 Å². The van der Waals surface area contributed by atoms with E-state index in [0.717, 1.165) is 0 Å². The van der Waals surface area contributed by atoms with Crippen molar-refractivity contribution in [3.05, 3.63) is 0 Å². The highest BCUT2D eigenvalue weighted by molar-refractivity contribution is 5.23. The number of hydrogen-bond donors (Lipinski definition) is 4. The van der Waals surface area contributed by atoms with E-state index in [2.05, 4.69) is 0 Å². The van der Waals surface area contributed by atoms with Gasteiger partial charge in [0.05, 0.1) is 12.2 Å². The van der Waals surface area contributed by atoms with Crippen LogP contribution in [0.1, 0.15) is 34.1 Å². The molecule has 4 heteroatoms. The third-order valence-electron chi connectivity index (χ3n) is 4.22. The fourth-order valence-electron chi connectivity index (χ4n) is 3.26. The summed E-state index contributed by atoms with van der Waals surface area (Å²) in [6.07, 6.45) is -1.56. The highest BCUT2D eigenvalue weighted by Crippen LogP contribution is 2.63. The molecule has 0 aliphatic heterocycles. The Labute approximate surface area is 90.6 Å². The molecule has 1 atom stereocenters. The molecule has 1 aliphatic rings. The van der Waals surface area contributed by atoms with Crippen molar-refractivity contribution in [2.75, 3.05) is 6.61 Å². The Morgan fingerprint density at radius 2 is 1.53 bits per heavy atom. The maximum atomic E-state index is 10.5. The lowest BCUT2D eigenvalue weighted by Gasteiger charge is -2.69. The lowest BCUT2D eigenvalue weighted by atomic mass is 9.41. The zero-order valence-electron chi connectivity index (χ0n) is 9.86. The first-order valence-corrected chi connectivity index (χ1v) is 5.33. The second-order valence-corrected chi connectivity index (χ2v) is 5.64. The van der Waals surface area contributed by atoms with Crippen molar-refractivity contribution in [3.63, 3.8) is 0 Å². The predicted octanol–water partition coefficient (Wildman–Crippen LogP) is -0.112. The summed E-state index contributed by atoms with van der Waals surface area (Å²) in [6.45, 7) is 6.73. The number of aliphatic hydroxyl groups is 4. The minimum absolute atomic E-state index is 0.121. The Balaban J connectivity index is 3.01. The maximum absolute atomic E-state index is 10.5. The van der Waals surface area contributed by atoms with Gasteiger partial charge in [-0.1, -0.05) is 27.7 Å². The Hall–Kier alpha value is -0.160. The molecule has 1 unspecified atom stereocenters. The van der Waals surface area contributed by atoms with Gasteiger partial charge in [0.25, 0.3) is 0 Å². The van der Waals surface area contributed by atoms with E-state index in [9.17, 15) is 15.3 Å². The molecule has 1 rings (SSSR count). The van der Waals surface area contributed by atoms with Gasteiger partial charge in [-0.05, 0) is 6.42 Å². The van der Waals surface area contributed by atoms with Crippen LogP contribution in [0.25, 0.3) is 0 Å². The highest BCUT2D eigenvalue weighted by Gasteiger charge is 2.73. The van der Waals surface area contributed by atoms with Crippen LogP contribution < -0.4 is 0 Å². The van der Waals surface area contributed by atoms with Crippen LogP contribution >= 0.6 is 0 Å². The Morgan fingerprint density at radius 3 is 1.87 bits per heavy atom. The fraction of sp³-hybridized carbons (Fsp3) is 1.00. The quantitative estimate of drug-likeness (QED) is 0.533. The van der Waals surface area contributed by atoms with Gasteiger partial charge in [0, 0.05) is 17.4 Å². The van der Waals surface area contributed by atoms with E-state index < -0.39 is 28.6 Å². The molecule has 0 saturated heterocycles. The molecule has 1 saturated carbocycles. The van der Waals surface area contributed by atoms with Crippen LogP contribution in [0.2, 0.25) is 0 Å². The van der Waals surface area contributed by atoms with Gasteiger partial charge < -0.3 is 20.4 Å². The van der Waals surface area contributed by atoms with Crippen LogP contribution in [-0.2, 0) is 0 Å². The Kier molecular flexibility index (Phi) is 2.94. The first kappa shape index (κ1) is 12.9. The maximum Gasteiger partial charge on any atom is 0.106 e. The monoisotopic (exact) mass is 218 g/mol. The van der Waals surface area contributed by atoms with E-state index >= 15 is 0 Å². The molecule has 15 heavy (non-hydrogen) atoms. The zero-order valence-corrected chi connectivity index (χ0v) is 9.86. The second-order valence-electron chi connectivity index (χ2n) is 5.64. The summed E-state index contributed by atoms with van der Waals surface area (Å²) in [5.41, 5.74) is -2.88. The minimum Gasteiger partial charge on any atom is -0.396 e. The van der Waals surface area contributed by atoms with E-state index in [1.807, 2.05) is 0 Å². The molecule has 4 nitrogen and oxygen atoms in total. The van der Waals surface area contributed by atoms with E-state index in [4.69, 9.17) is 5.11 Å². The summed E-state index contributed by atoms with van der Waals surface area (Å²) in [6, 6.07) is 0. The third-order valence-corrected chi connectivity index (χ3v) is 4.22. The molecule has 1 fully saturated rings. The van der Waals surface area contributed by atoms with Crippen molar-refractivity contribution in [1.82, 2.24) is 0 Å². The van der Waals surface area contributed by atoms with Gasteiger partial charge in [-0.25, -0.2) is 0 Å². The van der Waals surface area contributed by atoms with E-state index in [1.165, 1.54) is 0 Å². The normalized spacial score (nSPS) is 39.6. The largest absolute Gasteiger partial charge is 0.396 e. The summed E-state index contributed by atoms with van der Waals surface area (Å²) < 4.78 is 0. The lowest BCUT2D eigenvalue weighted by Crippen LogP contribution is -2.80. The van der Waals surface area contributed by atoms with Crippen molar-refractivity contribution in [2.45, 2.75) is 51.9 Å². The summed E-state index contributed by atoms with van der Waals surface area (Å²) in [5, 5.41) is 39.1. The number of rotatable bonds is 3. The molecule has 0 aromatic rings. The van der Waals surface area contributed by atoms with Gasteiger partial charge in [0.2, 0.25) is 0 Å². The van der Waals surface area contributed by atoms with Gasteiger partial charge in [-0.2, -0.15) is 0 Å². The summed E-state index contributed by atoms with van der Waals surface area (Å²) in [4.78, 5) is 0. The highest BCUT2D eigenvalue weighted by atomic mass is 16.4. The van der Waals surface area contributed by atoms with Gasteiger partial charge in [-0.15, -0.1) is 0 Å². The van der Waals surface area contributed by atoms with Crippen molar-refractivity contribution < 1.29 is 20.4 Å². The van der Waals surface area contributed by atoms with Crippen LogP contribution in [0.4, 0.5) is 0 Å². The zero-order chi connectivity index (χ0) is 12.1. The standard InChI is InChI=1S/C11H22O4/c1-9(2)8(14)10(3,4)11(9,15)7(13)5-6-12/h7-8,12-15H,5-6H2,1-4H3. The van der Waals surface area contributed by atoms with Gasteiger partial charge in [-0.3, -0.25) is 0 Å². The van der Waals surface area contributed by atoms with Gasteiger partial charge in [0.15, 0.2) is 0 Å². The Morgan fingerprint density at radius 1 is 1.13 bits per heavy atom. The minimum atomic E-state index is -1.36. The average molecular weight is 218 g/mol. The van der Waals surface area contributed by atoms with Crippen LogP contribution in [0.5, 0.6) is 0 Å². The first-order chi connectivity index (χ1) is 6.64. The topological polar surface area (TPSA) is 80.9 Å². The van der Waals surface area contributed by atoms with Crippen LogP contribution in [0.3, 0.4) is 0 Å². The van der Waals surface area contributed by atoms with Gasteiger partial charge >= 0.3 is 0 Å². The average Bonchev–Trinajstić information content (AvgIpc) is 2.14. The molecule has 0 spiro atoms. The SMILES string of the molecule is CC1(C)C(O)C(C)(C)C1(O)C(O)CCO. The molecular formula is C11H22O4. The summed E-state index contributed by atoms with van der Waals surface area (Å²) in [5.74, 6) is 0. The van der Waals surface area contributed by atoms with Gasteiger partial charge in [0.1, 0.15) is 5.60 Å². The van der Waals surface area contributed by atoms with E-state index in [-0.39, 0.29) is 13.0 Å². The molecule has 0 aromatic heterocycles. The van der Waals surface area contributed by atoms with Crippen molar-refractivity contribution in [2.24, 2.45) is 10.8 Å². The smallest absolute Gasteiger partial charge is 0.106 e. The molecule has 0 bridgehead atoms. The third kappa shape index (κ3) is 1.29.